The zero-order valence-corrected chi connectivity index (χ0v) is 13.5. The molecule has 4 nitrogen and oxygen atoms in total. The first-order valence-electron chi connectivity index (χ1n) is 7.40. The fourth-order valence-electron chi connectivity index (χ4n) is 2.45. The second-order valence-corrected chi connectivity index (χ2v) is 5.56. The van der Waals surface area contributed by atoms with Crippen LogP contribution in [-0.4, -0.2) is 31.1 Å². The molecule has 0 unspecified atom stereocenters. The smallest absolute Gasteiger partial charge is 0.224 e. The number of carbonyl (C=O) groups is 1. The first kappa shape index (κ1) is 17.8. The summed E-state index contributed by atoms with van der Waals surface area (Å²) in [5.41, 5.74) is 0.947. The van der Waals surface area contributed by atoms with Gasteiger partial charge in [0.15, 0.2) is 0 Å². The Kier molecular flexibility index (Phi) is 7.54. The van der Waals surface area contributed by atoms with E-state index in [4.69, 9.17) is 4.74 Å². The summed E-state index contributed by atoms with van der Waals surface area (Å²) < 4.78 is 5.74. The Bertz CT molecular complexity index is 446. The van der Waals surface area contributed by atoms with E-state index in [1.165, 1.54) is 0 Å². The van der Waals surface area contributed by atoms with E-state index < -0.39 is 0 Å². The maximum absolute atomic E-state index is 12.1. The van der Waals surface area contributed by atoms with Crippen molar-refractivity contribution in [2.45, 2.75) is 45.3 Å². The average Bonchev–Trinajstić information content (AvgIpc) is 2.41. The van der Waals surface area contributed by atoms with E-state index in [2.05, 4.69) is 10.6 Å². The molecule has 1 aliphatic rings. The molecule has 0 aromatic heterocycles. The van der Waals surface area contributed by atoms with Gasteiger partial charge in [-0.3, -0.25) is 4.79 Å². The van der Waals surface area contributed by atoms with E-state index in [9.17, 15) is 4.79 Å². The van der Waals surface area contributed by atoms with Crippen molar-refractivity contribution in [1.29, 1.82) is 0 Å². The molecule has 1 saturated heterocycles. The molecule has 0 spiro atoms. The lowest BCUT2D eigenvalue weighted by Crippen LogP contribution is -2.46. The first-order valence-corrected chi connectivity index (χ1v) is 7.40. The van der Waals surface area contributed by atoms with Crippen LogP contribution in [-0.2, 0) is 11.2 Å². The third kappa shape index (κ3) is 5.94. The third-order valence-corrected chi connectivity index (χ3v) is 3.35. The van der Waals surface area contributed by atoms with E-state index in [0.717, 1.165) is 37.2 Å². The van der Waals surface area contributed by atoms with E-state index in [1.807, 2.05) is 38.1 Å². The lowest BCUT2D eigenvalue weighted by atomic mass is 10.1. The third-order valence-electron chi connectivity index (χ3n) is 3.35. The van der Waals surface area contributed by atoms with Gasteiger partial charge in [-0.15, -0.1) is 12.4 Å². The molecule has 1 aliphatic heterocycles. The highest BCUT2D eigenvalue weighted by Gasteiger charge is 2.16. The van der Waals surface area contributed by atoms with Crippen molar-refractivity contribution in [2.24, 2.45) is 0 Å². The molecular weight excluding hydrogens is 288 g/mol. The first-order chi connectivity index (χ1) is 9.65. The van der Waals surface area contributed by atoms with Gasteiger partial charge in [-0.25, -0.2) is 0 Å². The second kappa shape index (κ2) is 8.90. The van der Waals surface area contributed by atoms with Gasteiger partial charge in [-0.1, -0.05) is 18.2 Å². The molecule has 0 radical (unpaired) electrons. The van der Waals surface area contributed by atoms with Crippen LogP contribution in [0.25, 0.3) is 0 Å². The monoisotopic (exact) mass is 312 g/mol. The van der Waals surface area contributed by atoms with Gasteiger partial charge in [0.25, 0.3) is 0 Å². The predicted molar refractivity (Wildman–Crippen MR) is 87.2 cm³/mol. The molecule has 1 amide bonds. The van der Waals surface area contributed by atoms with Crippen LogP contribution in [0.1, 0.15) is 32.3 Å². The summed E-state index contributed by atoms with van der Waals surface area (Å²) in [6.45, 7) is 5.91. The minimum atomic E-state index is 0. The quantitative estimate of drug-likeness (QED) is 0.877. The molecule has 1 fully saturated rings. The normalized spacial score (nSPS) is 18.0. The molecule has 0 saturated carbocycles. The predicted octanol–water partition coefficient (Wildman–Crippen LogP) is 2.31. The number of hydrogen-bond acceptors (Lipinski definition) is 3. The standard InChI is InChI=1S/C16H24N2O2.ClH/c1-12(2)20-15-8-4-3-6-13(15)10-16(19)18-14-7-5-9-17-11-14;/h3-4,6,8,12,14,17H,5,7,9-11H2,1-2H3,(H,18,19);1H/t14-;/m0./s1. The summed E-state index contributed by atoms with van der Waals surface area (Å²) in [7, 11) is 0. The van der Waals surface area contributed by atoms with Crippen LogP contribution in [0.4, 0.5) is 0 Å². The Balaban J connectivity index is 0.00000220. The highest BCUT2D eigenvalue weighted by molar-refractivity contribution is 5.85. The SMILES string of the molecule is CC(C)Oc1ccccc1CC(=O)N[C@H]1CCCNC1.Cl. The molecule has 2 N–H and O–H groups in total. The molecule has 118 valence electrons. The summed E-state index contributed by atoms with van der Waals surface area (Å²) in [6, 6.07) is 8.01. The van der Waals surface area contributed by atoms with Crippen LogP contribution in [0, 0.1) is 0 Å². The van der Waals surface area contributed by atoms with Crippen LogP contribution in [0.3, 0.4) is 0 Å². The number of piperidine rings is 1. The Morgan fingerprint density at radius 3 is 2.86 bits per heavy atom. The van der Waals surface area contributed by atoms with E-state index in [0.29, 0.717) is 6.42 Å². The number of benzene rings is 1. The van der Waals surface area contributed by atoms with E-state index >= 15 is 0 Å². The van der Waals surface area contributed by atoms with Crippen molar-refractivity contribution in [3.63, 3.8) is 0 Å². The van der Waals surface area contributed by atoms with Crippen molar-refractivity contribution < 1.29 is 9.53 Å². The van der Waals surface area contributed by atoms with Crippen molar-refractivity contribution in [2.75, 3.05) is 13.1 Å². The molecular formula is C16H25ClN2O2. The number of ether oxygens (including phenoxy) is 1. The van der Waals surface area contributed by atoms with E-state index in [-0.39, 0.29) is 30.5 Å². The number of amides is 1. The number of carbonyl (C=O) groups excluding carboxylic acids is 1. The molecule has 2 rings (SSSR count). The molecule has 21 heavy (non-hydrogen) atoms. The topological polar surface area (TPSA) is 50.4 Å². The van der Waals surface area contributed by atoms with Crippen LogP contribution < -0.4 is 15.4 Å². The molecule has 1 heterocycles. The summed E-state index contributed by atoms with van der Waals surface area (Å²) in [6.07, 6.45) is 2.67. The van der Waals surface area contributed by atoms with Gasteiger partial charge in [0.1, 0.15) is 5.75 Å². The van der Waals surface area contributed by atoms with Crippen molar-refractivity contribution >= 4 is 18.3 Å². The number of nitrogens with one attached hydrogen (secondary N) is 2. The second-order valence-electron chi connectivity index (χ2n) is 5.56. The van der Waals surface area contributed by atoms with Crippen LogP contribution in [0.15, 0.2) is 24.3 Å². The Morgan fingerprint density at radius 1 is 1.43 bits per heavy atom. The summed E-state index contributed by atoms with van der Waals surface area (Å²) in [5, 5.41) is 6.39. The molecule has 0 aliphatic carbocycles. The van der Waals surface area contributed by atoms with Gasteiger partial charge in [-0.05, 0) is 39.3 Å². The van der Waals surface area contributed by atoms with E-state index in [1.54, 1.807) is 0 Å². The lowest BCUT2D eigenvalue weighted by molar-refractivity contribution is -0.121. The highest BCUT2D eigenvalue weighted by Crippen LogP contribution is 2.20. The van der Waals surface area contributed by atoms with Crippen molar-refractivity contribution in [3.05, 3.63) is 29.8 Å². The fourth-order valence-corrected chi connectivity index (χ4v) is 2.45. The van der Waals surface area contributed by atoms with Gasteiger partial charge in [0.05, 0.1) is 12.5 Å². The summed E-state index contributed by atoms with van der Waals surface area (Å²) in [5.74, 6) is 0.873. The number of halogens is 1. The maximum atomic E-state index is 12.1. The summed E-state index contributed by atoms with van der Waals surface area (Å²) in [4.78, 5) is 12.1. The van der Waals surface area contributed by atoms with Crippen molar-refractivity contribution in [1.82, 2.24) is 10.6 Å². The van der Waals surface area contributed by atoms with Crippen molar-refractivity contribution in [3.8, 4) is 5.75 Å². The fraction of sp³-hybridized carbons (Fsp3) is 0.562. The van der Waals surface area contributed by atoms with Crippen LogP contribution >= 0.6 is 12.4 Å². The van der Waals surface area contributed by atoms with Gasteiger partial charge >= 0.3 is 0 Å². The zero-order chi connectivity index (χ0) is 14.4. The van der Waals surface area contributed by atoms with Gasteiger partial charge in [0, 0.05) is 18.2 Å². The number of rotatable bonds is 5. The Labute approximate surface area is 133 Å². The lowest BCUT2D eigenvalue weighted by Gasteiger charge is -2.24. The Morgan fingerprint density at radius 2 is 2.19 bits per heavy atom. The zero-order valence-electron chi connectivity index (χ0n) is 12.7. The molecule has 5 heteroatoms. The van der Waals surface area contributed by atoms with Gasteiger partial charge in [-0.2, -0.15) is 0 Å². The number of para-hydroxylation sites is 1. The molecule has 0 bridgehead atoms. The minimum absolute atomic E-state index is 0. The average molecular weight is 313 g/mol. The Hall–Kier alpha value is -1.26. The maximum Gasteiger partial charge on any atom is 0.224 e. The largest absolute Gasteiger partial charge is 0.491 e. The van der Waals surface area contributed by atoms with Gasteiger partial charge < -0.3 is 15.4 Å². The van der Waals surface area contributed by atoms with Crippen LogP contribution in [0.5, 0.6) is 5.75 Å². The molecule has 1 aromatic rings. The number of hydrogen-bond donors (Lipinski definition) is 2. The highest BCUT2D eigenvalue weighted by atomic mass is 35.5. The van der Waals surface area contributed by atoms with Gasteiger partial charge in [0.2, 0.25) is 5.91 Å². The molecule has 1 aromatic carbocycles. The summed E-state index contributed by atoms with van der Waals surface area (Å²) >= 11 is 0. The minimum Gasteiger partial charge on any atom is -0.491 e. The molecule has 1 atom stereocenters. The van der Waals surface area contributed by atoms with Crippen LogP contribution in [0.2, 0.25) is 0 Å².